The van der Waals surface area contributed by atoms with E-state index in [1.54, 1.807) is 12.1 Å². The third-order valence-corrected chi connectivity index (χ3v) is 2.13. The molecule has 2 aromatic carbocycles. The largest absolute Gasteiger partial charge is 0.379 e. The van der Waals surface area contributed by atoms with Gasteiger partial charge in [-0.3, -0.25) is 0 Å². The van der Waals surface area contributed by atoms with E-state index >= 15 is 0 Å². The summed E-state index contributed by atoms with van der Waals surface area (Å²) in [6, 6.07) is 17.2. The number of para-hydroxylation sites is 1. The smallest absolute Gasteiger partial charge is 0.146 e. The van der Waals surface area contributed by atoms with Crippen molar-refractivity contribution in [2.75, 3.05) is 5.32 Å². The van der Waals surface area contributed by atoms with Crippen molar-refractivity contribution in [3.63, 3.8) is 0 Å². The highest BCUT2D eigenvalue weighted by Crippen LogP contribution is 2.13. The second-order valence-electron chi connectivity index (χ2n) is 3.25. The summed E-state index contributed by atoms with van der Waals surface area (Å²) in [5.74, 6) is -0.225. The summed E-state index contributed by atoms with van der Waals surface area (Å²) in [4.78, 5) is 0. The van der Waals surface area contributed by atoms with Gasteiger partial charge in [0.05, 0.1) is 5.69 Å². The number of anilines is 1. The second kappa shape index (κ2) is 4.60. The lowest BCUT2D eigenvalue weighted by atomic mass is 10.2. The third kappa shape index (κ3) is 2.56. The Kier molecular flexibility index (Phi) is 2.98. The molecule has 75 valence electrons. The molecular formula is C13H11FN. The lowest BCUT2D eigenvalue weighted by Crippen LogP contribution is -2.00. The summed E-state index contributed by atoms with van der Waals surface area (Å²) in [5.41, 5.74) is 1.61. The zero-order valence-corrected chi connectivity index (χ0v) is 8.20. The van der Waals surface area contributed by atoms with Gasteiger partial charge >= 0.3 is 0 Å². The molecule has 2 heteroatoms. The maximum atomic E-state index is 13.2. The fourth-order valence-electron chi connectivity index (χ4n) is 1.34. The highest BCUT2D eigenvalue weighted by molar-refractivity contribution is 5.44. The van der Waals surface area contributed by atoms with Crippen molar-refractivity contribution >= 4 is 5.69 Å². The van der Waals surface area contributed by atoms with Gasteiger partial charge in [-0.05, 0) is 29.8 Å². The molecular weight excluding hydrogens is 189 g/mol. The molecule has 1 N–H and O–H groups in total. The van der Waals surface area contributed by atoms with Crippen molar-refractivity contribution in [3.8, 4) is 0 Å². The summed E-state index contributed by atoms with van der Waals surface area (Å²) in [7, 11) is 0. The monoisotopic (exact) mass is 200 g/mol. The Labute approximate surface area is 88.6 Å². The van der Waals surface area contributed by atoms with Crippen LogP contribution in [0.25, 0.3) is 0 Å². The molecule has 0 saturated heterocycles. The topological polar surface area (TPSA) is 12.0 Å². The summed E-state index contributed by atoms with van der Waals surface area (Å²) in [6.45, 7) is 0.609. The second-order valence-corrected chi connectivity index (χ2v) is 3.25. The molecule has 0 aromatic heterocycles. The predicted octanol–water partition coefficient (Wildman–Crippen LogP) is 3.24. The predicted molar refractivity (Wildman–Crippen MR) is 59.0 cm³/mol. The van der Waals surface area contributed by atoms with Gasteiger partial charge in [-0.25, -0.2) is 4.39 Å². The van der Waals surface area contributed by atoms with Gasteiger partial charge in [0.15, 0.2) is 0 Å². The minimum atomic E-state index is -0.225. The fraction of sp³-hybridized carbons (Fsp3) is 0.0769. The van der Waals surface area contributed by atoms with Crippen LogP contribution in [0, 0.1) is 11.9 Å². The lowest BCUT2D eigenvalue weighted by Gasteiger charge is -2.06. The van der Waals surface area contributed by atoms with E-state index in [9.17, 15) is 4.39 Å². The molecule has 2 rings (SSSR count). The van der Waals surface area contributed by atoms with Gasteiger partial charge in [0.2, 0.25) is 0 Å². The SMILES string of the molecule is Fc1ccccc1NCc1c[c]ccc1. The molecule has 2 aromatic rings. The molecule has 0 bridgehead atoms. The minimum Gasteiger partial charge on any atom is -0.379 e. The van der Waals surface area contributed by atoms with Gasteiger partial charge < -0.3 is 5.32 Å². The number of hydrogen-bond donors (Lipinski definition) is 1. The molecule has 0 atom stereocenters. The lowest BCUT2D eigenvalue weighted by molar-refractivity contribution is 0.630. The first kappa shape index (κ1) is 9.71. The van der Waals surface area contributed by atoms with Crippen LogP contribution in [0.4, 0.5) is 10.1 Å². The molecule has 0 aliphatic carbocycles. The van der Waals surface area contributed by atoms with Crippen LogP contribution in [-0.2, 0) is 6.54 Å². The van der Waals surface area contributed by atoms with Crippen molar-refractivity contribution in [2.24, 2.45) is 0 Å². The molecule has 0 unspecified atom stereocenters. The van der Waals surface area contributed by atoms with Gasteiger partial charge in [-0.2, -0.15) is 0 Å². The molecule has 0 heterocycles. The van der Waals surface area contributed by atoms with E-state index < -0.39 is 0 Å². The maximum Gasteiger partial charge on any atom is 0.146 e. The highest BCUT2D eigenvalue weighted by atomic mass is 19.1. The van der Waals surface area contributed by atoms with Gasteiger partial charge in [0.25, 0.3) is 0 Å². The van der Waals surface area contributed by atoms with Crippen LogP contribution in [0.5, 0.6) is 0 Å². The Morgan fingerprint density at radius 2 is 2.00 bits per heavy atom. The zero-order chi connectivity index (χ0) is 10.5. The first-order valence-corrected chi connectivity index (χ1v) is 4.79. The van der Waals surface area contributed by atoms with Crippen LogP contribution in [-0.4, -0.2) is 0 Å². The van der Waals surface area contributed by atoms with Crippen LogP contribution < -0.4 is 5.32 Å². The van der Waals surface area contributed by atoms with Crippen LogP contribution in [0.3, 0.4) is 0 Å². The van der Waals surface area contributed by atoms with Crippen molar-refractivity contribution in [1.29, 1.82) is 0 Å². The maximum absolute atomic E-state index is 13.2. The van der Waals surface area contributed by atoms with Gasteiger partial charge in [0.1, 0.15) is 5.82 Å². The first-order chi connectivity index (χ1) is 7.36. The molecule has 0 spiro atoms. The Morgan fingerprint density at radius 1 is 1.13 bits per heavy atom. The van der Waals surface area contributed by atoms with Crippen molar-refractivity contribution in [3.05, 3.63) is 66.0 Å². The molecule has 0 aliphatic rings. The van der Waals surface area contributed by atoms with Gasteiger partial charge in [-0.1, -0.05) is 30.3 Å². The average Bonchev–Trinajstić information content (AvgIpc) is 2.29. The van der Waals surface area contributed by atoms with Crippen LogP contribution >= 0.6 is 0 Å². The van der Waals surface area contributed by atoms with Crippen molar-refractivity contribution < 1.29 is 4.39 Å². The quantitative estimate of drug-likeness (QED) is 0.802. The van der Waals surface area contributed by atoms with E-state index in [4.69, 9.17) is 0 Å². The Hall–Kier alpha value is -1.83. The van der Waals surface area contributed by atoms with Crippen LogP contribution in [0.1, 0.15) is 5.56 Å². The Morgan fingerprint density at radius 3 is 2.73 bits per heavy atom. The molecule has 0 aliphatic heterocycles. The van der Waals surface area contributed by atoms with E-state index in [1.165, 1.54) is 6.07 Å². The third-order valence-electron chi connectivity index (χ3n) is 2.13. The molecule has 15 heavy (non-hydrogen) atoms. The summed E-state index contributed by atoms with van der Waals surface area (Å²) < 4.78 is 13.2. The van der Waals surface area contributed by atoms with Crippen molar-refractivity contribution in [1.82, 2.24) is 0 Å². The van der Waals surface area contributed by atoms with Gasteiger partial charge in [-0.15, -0.1) is 0 Å². The van der Waals surface area contributed by atoms with E-state index in [2.05, 4.69) is 11.4 Å². The normalized spacial score (nSPS) is 9.93. The number of benzene rings is 2. The standard InChI is InChI=1S/C13H11FN/c14-12-8-4-5-9-13(12)15-10-11-6-2-1-3-7-11/h1-2,4-9,15H,10H2. The number of rotatable bonds is 3. The van der Waals surface area contributed by atoms with Crippen molar-refractivity contribution in [2.45, 2.75) is 6.54 Å². The average molecular weight is 200 g/mol. The zero-order valence-electron chi connectivity index (χ0n) is 8.20. The Bertz CT molecular complexity index is 426. The van der Waals surface area contributed by atoms with E-state index in [1.807, 2.05) is 30.3 Å². The molecule has 0 amide bonds. The van der Waals surface area contributed by atoms with E-state index in [0.717, 1.165) is 5.56 Å². The number of hydrogen-bond acceptors (Lipinski definition) is 1. The molecule has 1 radical (unpaired) electrons. The van der Waals surface area contributed by atoms with E-state index in [-0.39, 0.29) is 5.82 Å². The highest BCUT2D eigenvalue weighted by Gasteiger charge is 1.98. The van der Waals surface area contributed by atoms with Crippen LogP contribution in [0.2, 0.25) is 0 Å². The number of halogens is 1. The molecule has 1 nitrogen and oxygen atoms in total. The Balaban J connectivity index is 2.03. The van der Waals surface area contributed by atoms with E-state index in [0.29, 0.717) is 12.2 Å². The summed E-state index contributed by atoms with van der Waals surface area (Å²) in [5, 5.41) is 3.03. The number of nitrogens with one attached hydrogen (secondary N) is 1. The van der Waals surface area contributed by atoms with Crippen LogP contribution in [0.15, 0.2) is 48.5 Å². The molecule has 0 saturated carbocycles. The first-order valence-electron chi connectivity index (χ1n) is 4.79. The molecule has 0 fully saturated rings. The fourth-order valence-corrected chi connectivity index (χ4v) is 1.34. The minimum absolute atomic E-state index is 0.225. The summed E-state index contributed by atoms with van der Waals surface area (Å²) in [6.07, 6.45) is 0. The summed E-state index contributed by atoms with van der Waals surface area (Å²) >= 11 is 0. The van der Waals surface area contributed by atoms with Gasteiger partial charge in [0, 0.05) is 6.54 Å².